The van der Waals surface area contributed by atoms with Crippen LogP contribution in [0.25, 0.3) is 0 Å². The number of fused-ring (bicyclic) bond motifs is 2. The second-order valence-corrected chi connectivity index (χ2v) is 7.17. The first-order valence-electron chi connectivity index (χ1n) is 7.86. The molecule has 0 aromatic heterocycles. The van der Waals surface area contributed by atoms with Crippen LogP contribution in [0, 0.1) is 17.3 Å². The summed E-state index contributed by atoms with van der Waals surface area (Å²) in [5.74, 6) is 1.49. The minimum atomic E-state index is -0.201. The lowest BCUT2D eigenvalue weighted by molar-refractivity contribution is -0.131. The molecule has 3 rings (SSSR count). The van der Waals surface area contributed by atoms with Crippen LogP contribution in [0.4, 0.5) is 0 Å². The third-order valence-electron chi connectivity index (χ3n) is 5.59. The lowest BCUT2D eigenvalue weighted by Gasteiger charge is -2.46. The summed E-state index contributed by atoms with van der Waals surface area (Å²) in [6.07, 6.45) is 6.94. The van der Waals surface area contributed by atoms with E-state index in [9.17, 15) is 4.79 Å². The van der Waals surface area contributed by atoms with E-state index in [0.29, 0.717) is 23.9 Å². The van der Waals surface area contributed by atoms with E-state index in [2.05, 4.69) is 17.6 Å². The zero-order chi connectivity index (χ0) is 13.5. The number of nitrogens with one attached hydrogen (secondary N) is 2. The molecule has 2 saturated carbocycles. The summed E-state index contributed by atoms with van der Waals surface area (Å²) in [5, 5.41) is 6.70. The molecular weight excluding hydrogens is 238 g/mol. The van der Waals surface area contributed by atoms with Gasteiger partial charge in [0, 0.05) is 18.6 Å². The quantitative estimate of drug-likeness (QED) is 0.698. The molecule has 4 N–H and O–H groups in total. The van der Waals surface area contributed by atoms with E-state index in [1.54, 1.807) is 0 Å². The molecule has 1 saturated heterocycles. The number of nitrogens with two attached hydrogens (primary N) is 1. The Labute approximate surface area is 115 Å². The topological polar surface area (TPSA) is 67.2 Å². The molecule has 4 nitrogen and oxygen atoms in total. The zero-order valence-electron chi connectivity index (χ0n) is 12.0. The molecule has 3 atom stereocenters. The van der Waals surface area contributed by atoms with E-state index in [1.807, 2.05) is 0 Å². The number of hydrogen-bond donors (Lipinski definition) is 3. The maximum absolute atomic E-state index is 12.6. The Hall–Kier alpha value is -0.610. The molecule has 2 aliphatic carbocycles. The van der Waals surface area contributed by atoms with Gasteiger partial charge in [-0.25, -0.2) is 0 Å². The van der Waals surface area contributed by atoms with Gasteiger partial charge in [-0.15, -0.1) is 0 Å². The first kappa shape index (κ1) is 13.4. The Morgan fingerprint density at radius 1 is 1.32 bits per heavy atom. The van der Waals surface area contributed by atoms with Gasteiger partial charge >= 0.3 is 0 Å². The van der Waals surface area contributed by atoms with Crippen LogP contribution in [0.1, 0.15) is 45.4 Å². The van der Waals surface area contributed by atoms with Gasteiger partial charge < -0.3 is 16.4 Å². The Kier molecular flexibility index (Phi) is 3.56. The molecular formula is C15H27N3O. The van der Waals surface area contributed by atoms with Crippen molar-refractivity contribution in [3.63, 3.8) is 0 Å². The molecule has 1 amide bonds. The highest BCUT2D eigenvalue weighted by molar-refractivity contribution is 5.83. The molecule has 3 aliphatic rings. The highest BCUT2D eigenvalue weighted by Gasteiger charge is 2.43. The molecule has 1 heterocycles. The summed E-state index contributed by atoms with van der Waals surface area (Å²) < 4.78 is 0. The fraction of sp³-hybridized carbons (Fsp3) is 0.933. The standard InChI is InChI=1S/C15H27N3O/c1-15(5-6-17-9-15)14(19)18-13-10-3-2-4-11(13)8-12(16)7-10/h10-13,17H,2-9,16H2,1H3,(H,18,19). The van der Waals surface area contributed by atoms with Crippen LogP contribution in [-0.4, -0.2) is 31.1 Å². The Morgan fingerprint density at radius 3 is 2.58 bits per heavy atom. The molecule has 0 aromatic carbocycles. The monoisotopic (exact) mass is 265 g/mol. The predicted molar refractivity (Wildman–Crippen MR) is 75.6 cm³/mol. The van der Waals surface area contributed by atoms with Crippen LogP contribution < -0.4 is 16.4 Å². The molecule has 0 radical (unpaired) electrons. The number of rotatable bonds is 2. The van der Waals surface area contributed by atoms with Crippen LogP contribution in [-0.2, 0) is 4.79 Å². The summed E-state index contributed by atoms with van der Waals surface area (Å²) >= 11 is 0. The van der Waals surface area contributed by atoms with Gasteiger partial charge in [-0.3, -0.25) is 4.79 Å². The van der Waals surface area contributed by atoms with E-state index in [1.165, 1.54) is 19.3 Å². The third-order valence-corrected chi connectivity index (χ3v) is 5.59. The van der Waals surface area contributed by atoms with Crippen molar-refractivity contribution < 1.29 is 4.79 Å². The van der Waals surface area contributed by atoms with Crippen LogP contribution in [0.2, 0.25) is 0 Å². The van der Waals surface area contributed by atoms with Crippen molar-refractivity contribution in [3.05, 3.63) is 0 Å². The SMILES string of the molecule is CC1(C(=O)NC2C3CCCC2CC(N)C3)CCNC1. The first-order chi connectivity index (χ1) is 9.08. The first-order valence-corrected chi connectivity index (χ1v) is 7.86. The average molecular weight is 265 g/mol. The number of carbonyl (C=O) groups excluding carboxylic acids is 1. The largest absolute Gasteiger partial charge is 0.352 e. The fourth-order valence-corrected chi connectivity index (χ4v) is 4.36. The highest BCUT2D eigenvalue weighted by Crippen LogP contribution is 2.40. The summed E-state index contributed by atoms with van der Waals surface area (Å²) in [6, 6.07) is 0.741. The van der Waals surface area contributed by atoms with Gasteiger partial charge in [0.05, 0.1) is 5.41 Å². The van der Waals surface area contributed by atoms with Crippen LogP contribution in [0.15, 0.2) is 0 Å². The van der Waals surface area contributed by atoms with E-state index in [0.717, 1.165) is 32.4 Å². The molecule has 3 fully saturated rings. The van der Waals surface area contributed by atoms with Gasteiger partial charge in [0.25, 0.3) is 0 Å². The Balaban J connectivity index is 1.67. The number of hydrogen-bond acceptors (Lipinski definition) is 3. The fourth-order valence-electron chi connectivity index (χ4n) is 4.36. The second-order valence-electron chi connectivity index (χ2n) is 7.17. The minimum Gasteiger partial charge on any atom is -0.352 e. The van der Waals surface area contributed by atoms with Crippen LogP contribution in [0.5, 0.6) is 0 Å². The van der Waals surface area contributed by atoms with Crippen molar-refractivity contribution in [1.82, 2.24) is 10.6 Å². The molecule has 2 bridgehead atoms. The summed E-state index contributed by atoms with van der Waals surface area (Å²) in [7, 11) is 0. The van der Waals surface area contributed by atoms with Crippen molar-refractivity contribution in [3.8, 4) is 0 Å². The average Bonchev–Trinajstić information content (AvgIpc) is 2.79. The van der Waals surface area contributed by atoms with E-state index < -0.39 is 0 Å². The number of amides is 1. The van der Waals surface area contributed by atoms with E-state index in [4.69, 9.17) is 5.73 Å². The van der Waals surface area contributed by atoms with Crippen molar-refractivity contribution in [1.29, 1.82) is 0 Å². The normalized spacial score (nSPS) is 46.0. The molecule has 19 heavy (non-hydrogen) atoms. The maximum Gasteiger partial charge on any atom is 0.227 e. The minimum absolute atomic E-state index is 0.201. The molecule has 0 aromatic rings. The van der Waals surface area contributed by atoms with Crippen molar-refractivity contribution in [2.45, 2.75) is 57.5 Å². The van der Waals surface area contributed by atoms with Gasteiger partial charge in [-0.1, -0.05) is 6.42 Å². The van der Waals surface area contributed by atoms with E-state index in [-0.39, 0.29) is 11.3 Å². The lowest BCUT2D eigenvalue weighted by Crippen LogP contribution is -2.56. The predicted octanol–water partition coefficient (Wildman–Crippen LogP) is 1.01. The van der Waals surface area contributed by atoms with Gasteiger partial charge in [-0.05, 0) is 57.4 Å². The maximum atomic E-state index is 12.6. The van der Waals surface area contributed by atoms with Crippen molar-refractivity contribution >= 4 is 5.91 Å². The second kappa shape index (κ2) is 5.06. The van der Waals surface area contributed by atoms with Crippen LogP contribution in [0.3, 0.4) is 0 Å². The summed E-state index contributed by atoms with van der Waals surface area (Å²) in [5.41, 5.74) is 5.94. The van der Waals surface area contributed by atoms with Crippen LogP contribution >= 0.6 is 0 Å². The van der Waals surface area contributed by atoms with Gasteiger partial charge in [-0.2, -0.15) is 0 Å². The molecule has 1 aliphatic heterocycles. The third kappa shape index (κ3) is 2.52. The summed E-state index contributed by atoms with van der Waals surface area (Å²) in [6.45, 7) is 3.87. The smallest absolute Gasteiger partial charge is 0.227 e. The lowest BCUT2D eigenvalue weighted by atomic mass is 9.66. The van der Waals surface area contributed by atoms with Gasteiger partial charge in [0.2, 0.25) is 5.91 Å². The van der Waals surface area contributed by atoms with E-state index >= 15 is 0 Å². The van der Waals surface area contributed by atoms with Gasteiger partial charge in [0.1, 0.15) is 0 Å². The molecule has 3 unspecified atom stereocenters. The van der Waals surface area contributed by atoms with Crippen molar-refractivity contribution in [2.24, 2.45) is 23.0 Å². The highest BCUT2D eigenvalue weighted by atomic mass is 16.2. The zero-order valence-corrected chi connectivity index (χ0v) is 12.0. The molecule has 0 spiro atoms. The molecule has 108 valence electrons. The van der Waals surface area contributed by atoms with Crippen molar-refractivity contribution in [2.75, 3.05) is 13.1 Å². The Bertz CT molecular complexity index is 337. The number of carbonyl (C=O) groups is 1. The van der Waals surface area contributed by atoms with Gasteiger partial charge in [0.15, 0.2) is 0 Å². The summed E-state index contributed by atoms with van der Waals surface area (Å²) in [4.78, 5) is 12.6. The Morgan fingerprint density at radius 2 is 2.00 bits per heavy atom. The molecule has 4 heteroatoms.